The van der Waals surface area contributed by atoms with Crippen LogP contribution in [0.15, 0.2) is 28.7 Å². The summed E-state index contributed by atoms with van der Waals surface area (Å²) in [6.45, 7) is 0. The molecule has 0 radical (unpaired) electrons. The lowest BCUT2D eigenvalue weighted by atomic mass is 10.2. The van der Waals surface area contributed by atoms with E-state index in [1.54, 1.807) is 7.05 Å². The summed E-state index contributed by atoms with van der Waals surface area (Å²) in [5.41, 5.74) is 0.0373. The number of anilines is 2. The molecule has 0 fully saturated rings. The number of hydrogen-bond donors (Lipinski definition) is 2. The molecule has 1 heterocycles. The smallest absolute Gasteiger partial charge is 0.256 e. The van der Waals surface area contributed by atoms with Gasteiger partial charge in [0, 0.05) is 23.2 Å². The maximum atomic E-state index is 13.7. The van der Waals surface area contributed by atoms with E-state index >= 15 is 0 Å². The highest BCUT2D eigenvalue weighted by molar-refractivity contribution is 9.10. The second-order valence-corrected chi connectivity index (χ2v) is 5.25. The van der Waals surface area contributed by atoms with E-state index in [2.05, 4.69) is 31.5 Å². The fourth-order valence-electron chi connectivity index (χ4n) is 1.60. The average molecular weight is 377 g/mol. The van der Waals surface area contributed by atoms with Crippen molar-refractivity contribution in [3.63, 3.8) is 0 Å². The Balaban J connectivity index is 2.32. The third-order valence-electron chi connectivity index (χ3n) is 2.56. The number of pyridine rings is 1. The molecule has 1 amide bonds. The van der Waals surface area contributed by atoms with E-state index in [4.69, 9.17) is 11.6 Å². The van der Waals surface area contributed by atoms with Crippen LogP contribution in [0, 0.1) is 11.6 Å². The summed E-state index contributed by atoms with van der Waals surface area (Å²) in [6.07, 6.45) is 0. The summed E-state index contributed by atoms with van der Waals surface area (Å²) in [5.74, 6) is -1.83. The molecule has 2 aromatic rings. The zero-order valence-corrected chi connectivity index (χ0v) is 13.0. The molecule has 0 atom stereocenters. The first-order valence-electron chi connectivity index (χ1n) is 5.72. The van der Waals surface area contributed by atoms with Gasteiger partial charge in [-0.15, -0.1) is 0 Å². The fraction of sp³-hybridized carbons (Fsp3) is 0.0769. The Morgan fingerprint density at radius 3 is 2.62 bits per heavy atom. The second-order valence-electron chi connectivity index (χ2n) is 4.01. The van der Waals surface area contributed by atoms with Crippen molar-refractivity contribution in [1.82, 2.24) is 4.98 Å². The first-order valence-corrected chi connectivity index (χ1v) is 6.89. The lowest BCUT2D eigenvalue weighted by Crippen LogP contribution is -2.14. The van der Waals surface area contributed by atoms with Gasteiger partial charge in [-0.3, -0.25) is 4.79 Å². The summed E-state index contributed by atoms with van der Waals surface area (Å²) >= 11 is 8.79. The van der Waals surface area contributed by atoms with Crippen molar-refractivity contribution in [2.24, 2.45) is 0 Å². The lowest BCUT2D eigenvalue weighted by molar-refractivity contribution is 0.102. The minimum absolute atomic E-state index is 0.0994. The largest absolute Gasteiger partial charge is 0.373 e. The third-order valence-corrected chi connectivity index (χ3v) is 3.38. The number of amides is 1. The molecule has 1 aromatic carbocycles. The number of rotatable bonds is 3. The number of carbonyl (C=O) groups excluding carboxylic acids is 1. The van der Waals surface area contributed by atoms with Crippen LogP contribution in [0.3, 0.4) is 0 Å². The van der Waals surface area contributed by atoms with Gasteiger partial charge >= 0.3 is 0 Å². The van der Waals surface area contributed by atoms with E-state index in [1.165, 1.54) is 12.1 Å². The Hall–Kier alpha value is -1.73. The average Bonchev–Trinajstić information content (AvgIpc) is 2.41. The Kier molecular flexibility index (Phi) is 4.74. The monoisotopic (exact) mass is 375 g/mol. The molecule has 8 heteroatoms. The van der Waals surface area contributed by atoms with E-state index in [0.717, 1.165) is 6.07 Å². The molecule has 1 aromatic heterocycles. The second kappa shape index (κ2) is 6.36. The van der Waals surface area contributed by atoms with Gasteiger partial charge in [0.15, 0.2) is 5.82 Å². The van der Waals surface area contributed by atoms with E-state index in [9.17, 15) is 13.6 Å². The molecular formula is C13H9BrClF2N3O. The number of carbonyl (C=O) groups is 1. The molecule has 0 aliphatic carbocycles. The topological polar surface area (TPSA) is 54.0 Å². The minimum atomic E-state index is -0.885. The van der Waals surface area contributed by atoms with Gasteiger partial charge in [0.2, 0.25) is 0 Å². The number of halogens is 4. The number of nitrogens with one attached hydrogen (secondary N) is 2. The maximum absolute atomic E-state index is 13.7. The summed E-state index contributed by atoms with van der Waals surface area (Å²) in [7, 11) is 1.62. The minimum Gasteiger partial charge on any atom is -0.373 e. The molecular weight excluding hydrogens is 368 g/mol. The van der Waals surface area contributed by atoms with Gasteiger partial charge in [-0.05, 0) is 34.1 Å². The molecule has 110 valence electrons. The van der Waals surface area contributed by atoms with E-state index in [0.29, 0.717) is 11.9 Å². The molecule has 0 bridgehead atoms. The summed E-state index contributed by atoms with van der Waals surface area (Å²) < 4.78 is 26.8. The van der Waals surface area contributed by atoms with Crippen LogP contribution in [0.4, 0.5) is 20.3 Å². The van der Waals surface area contributed by atoms with Gasteiger partial charge in [-0.1, -0.05) is 11.6 Å². The quantitative estimate of drug-likeness (QED) is 0.794. The standard InChI is InChI=1S/C13H9BrClF2N3O/c1-18-11-3-6(2-10(15)19-11)13(21)20-12-8(14)4-7(16)5-9(12)17/h2-5H,1H3,(H,18,19)(H,20,21). The summed E-state index contributed by atoms with van der Waals surface area (Å²) in [6, 6.07) is 4.53. The summed E-state index contributed by atoms with van der Waals surface area (Å²) in [4.78, 5) is 16.0. The normalized spacial score (nSPS) is 10.3. The SMILES string of the molecule is CNc1cc(C(=O)Nc2c(F)cc(F)cc2Br)cc(Cl)n1. The predicted octanol–water partition coefficient (Wildman–Crippen LogP) is 4.07. The Morgan fingerprint density at radius 1 is 1.29 bits per heavy atom. The Morgan fingerprint density at radius 2 is 2.00 bits per heavy atom. The molecule has 2 rings (SSSR count). The van der Waals surface area contributed by atoms with E-state index < -0.39 is 17.5 Å². The van der Waals surface area contributed by atoms with Crippen LogP contribution in [0.2, 0.25) is 5.15 Å². The van der Waals surface area contributed by atoms with E-state index in [1.807, 2.05) is 0 Å². The van der Waals surface area contributed by atoms with Gasteiger partial charge in [0.1, 0.15) is 16.8 Å². The van der Waals surface area contributed by atoms with Crippen LogP contribution in [0.5, 0.6) is 0 Å². The van der Waals surface area contributed by atoms with E-state index in [-0.39, 0.29) is 20.9 Å². The van der Waals surface area contributed by atoms with Gasteiger partial charge < -0.3 is 10.6 Å². The highest BCUT2D eigenvalue weighted by Crippen LogP contribution is 2.27. The van der Waals surface area contributed by atoms with Crippen LogP contribution in [0.25, 0.3) is 0 Å². The molecule has 0 saturated heterocycles. The van der Waals surface area contributed by atoms with Crippen molar-refractivity contribution in [3.05, 3.63) is 51.1 Å². The molecule has 21 heavy (non-hydrogen) atoms. The zero-order chi connectivity index (χ0) is 15.6. The third kappa shape index (κ3) is 3.68. The zero-order valence-electron chi connectivity index (χ0n) is 10.7. The van der Waals surface area contributed by atoms with Crippen molar-refractivity contribution < 1.29 is 13.6 Å². The van der Waals surface area contributed by atoms with Crippen LogP contribution >= 0.6 is 27.5 Å². The molecule has 0 aliphatic rings. The highest BCUT2D eigenvalue weighted by atomic mass is 79.9. The first-order chi connectivity index (χ1) is 9.90. The van der Waals surface area contributed by atoms with Crippen molar-refractivity contribution >= 4 is 44.9 Å². The number of benzene rings is 1. The van der Waals surface area contributed by atoms with Crippen molar-refractivity contribution in [2.45, 2.75) is 0 Å². The molecule has 4 nitrogen and oxygen atoms in total. The number of aromatic nitrogens is 1. The Labute approximate surface area is 132 Å². The first kappa shape index (κ1) is 15.7. The van der Waals surface area contributed by atoms with Crippen molar-refractivity contribution in [1.29, 1.82) is 0 Å². The fourth-order valence-corrected chi connectivity index (χ4v) is 2.32. The summed E-state index contributed by atoms with van der Waals surface area (Å²) in [5, 5.41) is 5.22. The maximum Gasteiger partial charge on any atom is 0.256 e. The highest BCUT2D eigenvalue weighted by Gasteiger charge is 2.15. The van der Waals surface area contributed by atoms with Crippen molar-refractivity contribution in [2.75, 3.05) is 17.7 Å². The van der Waals surface area contributed by atoms with Gasteiger partial charge in [-0.25, -0.2) is 13.8 Å². The van der Waals surface area contributed by atoms with Crippen LogP contribution < -0.4 is 10.6 Å². The molecule has 2 N–H and O–H groups in total. The lowest BCUT2D eigenvalue weighted by Gasteiger charge is -2.10. The van der Waals surface area contributed by atoms with Crippen LogP contribution in [-0.2, 0) is 0 Å². The number of nitrogens with zero attached hydrogens (tertiary/aromatic N) is 1. The Bertz CT molecular complexity index is 689. The molecule has 0 unspecified atom stereocenters. The van der Waals surface area contributed by atoms with Crippen molar-refractivity contribution in [3.8, 4) is 0 Å². The molecule has 0 saturated carbocycles. The van der Waals surface area contributed by atoms with Gasteiger partial charge in [0.05, 0.1) is 5.69 Å². The molecule has 0 aliphatic heterocycles. The van der Waals surface area contributed by atoms with Crippen LogP contribution in [0.1, 0.15) is 10.4 Å². The van der Waals surface area contributed by atoms with Gasteiger partial charge in [0.25, 0.3) is 5.91 Å². The molecule has 0 spiro atoms. The van der Waals surface area contributed by atoms with Crippen LogP contribution in [-0.4, -0.2) is 17.9 Å². The predicted molar refractivity (Wildman–Crippen MR) is 80.8 cm³/mol. The number of hydrogen-bond acceptors (Lipinski definition) is 3. The van der Waals surface area contributed by atoms with Gasteiger partial charge in [-0.2, -0.15) is 0 Å².